The number of hydrogen-bond donors (Lipinski definition) is 2. The molecule has 9 heteroatoms. The van der Waals surface area contributed by atoms with Crippen LogP contribution in [0.25, 0.3) is 11.0 Å². The average Bonchev–Trinajstić information content (AvgIpc) is 2.67. The standard InChI is InChI=1S/C18H19ClFN7/c1-10-8-27(11(2)6-21-10)18-22-7-15-16(26-18)17(24-9-23-15)25-12-3-4-14(20)13(19)5-12/h3-5,7,9-11,21H,6,8H2,1-2H3,(H,23,24,25). The molecule has 0 spiro atoms. The van der Waals surface area contributed by atoms with Crippen LogP contribution in [0.2, 0.25) is 5.02 Å². The Kier molecular flexibility index (Phi) is 4.75. The van der Waals surface area contributed by atoms with Gasteiger partial charge < -0.3 is 15.5 Å². The van der Waals surface area contributed by atoms with Gasteiger partial charge in [0.05, 0.1) is 11.2 Å². The van der Waals surface area contributed by atoms with Gasteiger partial charge in [-0.15, -0.1) is 0 Å². The molecule has 0 aliphatic carbocycles. The summed E-state index contributed by atoms with van der Waals surface area (Å²) in [7, 11) is 0. The third-order valence-corrected chi connectivity index (χ3v) is 4.86. The van der Waals surface area contributed by atoms with Gasteiger partial charge in [0.25, 0.3) is 0 Å². The third kappa shape index (κ3) is 3.63. The van der Waals surface area contributed by atoms with Crippen molar-refractivity contribution in [3.05, 3.63) is 41.6 Å². The summed E-state index contributed by atoms with van der Waals surface area (Å²) < 4.78 is 13.4. The molecule has 7 nitrogen and oxygen atoms in total. The summed E-state index contributed by atoms with van der Waals surface area (Å²) in [5.41, 5.74) is 1.84. The molecule has 0 amide bonds. The fourth-order valence-electron chi connectivity index (χ4n) is 3.09. The Morgan fingerprint density at radius 2 is 2.11 bits per heavy atom. The lowest BCUT2D eigenvalue weighted by molar-refractivity contribution is 0.420. The predicted molar refractivity (Wildman–Crippen MR) is 104 cm³/mol. The van der Waals surface area contributed by atoms with E-state index in [2.05, 4.69) is 44.3 Å². The van der Waals surface area contributed by atoms with Gasteiger partial charge in [-0.25, -0.2) is 24.3 Å². The Morgan fingerprint density at radius 1 is 1.26 bits per heavy atom. The van der Waals surface area contributed by atoms with Crippen LogP contribution < -0.4 is 15.5 Å². The van der Waals surface area contributed by atoms with Gasteiger partial charge in [0, 0.05) is 30.9 Å². The Morgan fingerprint density at radius 3 is 2.93 bits per heavy atom. The van der Waals surface area contributed by atoms with Crippen molar-refractivity contribution in [2.45, 2.75) is 25.9 Å². The normalized spacial score (nSPS) is 20.1. The van der Waals surface area contributed by atoms with E-state index in [1.807, 2.05) is 0 Å². The van der Waals surface area contributed by atoms with Crippen molar-refractivity contribution in [3.8, 4) is 0 Å². The molecule has 0 radical (unpaired) electrons. The zero-order valence-electron chi connectivity index (χ0n) is 14.9. The molecule has 1 aromatic carbocycles. The maximum Gasteiger partial charge on any atom is 0.226 e. The SMILES string of the molecule is CC1CN(c2ncc3ncnc(Nc4ccc(F)c(Cl)c4)c3n2)C(C)CN1. The maximum atomic E-state index is 13.4. The van der Waals surface area contributed by atoms with Crippen LogP contribution in [0.15, 0.2) is 30.7 Å². The van der Waals surface area contributed by atoms with Crippen molar-refractivity contribution in [2.75, 3.05) is 23.3 Å². The van der Waals surface area contributed by atoms with Crippen LogP contribution in [0.3, 0.4) is 0 Å². The minimum Gasteiger partial charge on any atom is -0.338 e. The first-order valence-electron chi connectivity index (χ1n) is 8.71. The van der Waals surface area contributed by atoms with E-state index < -0.39 is 5.82 Å². The van der Waals surface area contributed by atoms with Gasteiger partial charge in [-0.2, -0.15) is 0 Å². The summed E-state index contributed by atoms with van der Waals surface area (Å²) in [6, 6.07) is 5.03. The molecular weight excluding hydrogens is 369 g/mol. The quantitative estimate of drug-likeness (QED) is 0.714. The second-order valence-corrected chi connectivity index (χ2v) is 7.10. The minimum atomic E-state index is -0.471. The Hall–Kier alpha value is -2.58. The number of piperazine rings is 1. The molecule has 2 unspecified atom stereocenters. The number of nitrogens with one attached hydrogen (secondary N) is 2. The van der Waals surface area contributed by atoms with Gasteiger partial charge in [0.1, 0.15) is 23.2 Å². The first-order valence-corrected chi connectivity index (χ1v) is 9.09. The van der Waals surface area contributed by atoms with E-state index in [1.54, 1.807) is 12.3 Å². The maximum absolute atomic E-state index is 13.4. The molecule has 1 saturated heterocycles. The fraction of sp³-hybridized carbons (Fsp3) is 0.333. The van der Waals surface area contributed by atoms with Crippen LogP contribution >= 0.6 is 11.6 Å². The van der Waals surface area contributed by atoms with Gasteiger partial charge >= 0.3 is 0 Å². The van der Waals surface area contributed by atoms with Crippen LogP contribution in [-0.4, -0.2) is 45.1 Å². The van der Waals surface area contributed by atoms with Crippen LogP contribution in [0.1, 0.15) is 13.8 Å². The highest BCUT2D eigenvalue weighted by atomic mass is 35.5. The molecule has 2 atom stereocenters. The highest BCUT2D eigenvalue weighted by molar-refractivity contribution is 6.31. The van der Waals surface area contributed by atoms with Crippen molar-refractivity contribution in [1.82, 2.24) is 25.3 Å². The topological polar surface area (TPSA) is 78.9 Å². The fourth-order valence-corrected chi connectivity index (χ4v) is 3.27. The summed E-state index contributed by atoms with van der Waals surface area (Å²) in [6.45, 7) is 5.95. The Balaban J connectivity index is 1.71. The van der Waals surface area contributed by atoms with Gasteiger partial charge in [-0.3, -0.25) is 0 Å². The van der Waals surface area contributed by atoms with Gasteiger partial charge in [-0.1, -0.05) is 11.6 Å². The summed E-state index contributed by atoms with van der Waals surface area (Å²) >= 11 is 5.87. The number of rotatable bonds is 3. The first-order chi connectivity index (χ1) is 13.0. The number of anilines is 3. The number of fused-ring (bicyclic) bond motifs is 1. The van der Waals surface area contributed by atoms with Crippen molar-refractivity contribution in [3.63, 3.8) is 0 Å². The van der Waals surface area contributed by atoms with Crippen molar-refractivity contribution in [1.29, 1.82) is 0 Å². The molecule has 2 N–H and O–H groups in total. The molecule has 1 fully saturated rings. The van der Waals surface area contributed by atoms with E-state index in [-0.39, 0.29) is 11.1 Å². The minimum absolute atomic E-state index is 0.0392. The van der Waals surface area contributed by atoms with Crippen LogP contribution in [-0.2, 0) is 0 Å². The lowest BCUT2D eigenvalue weighted by Crippen LogP contribution is -2.55. The molecular formula is C18H19ClFN7. The molecule has 3 aromatic rings. The number of nitrogens with zero attached hydrogens (tertiary/aromatic N) is 5. The summed E-state index contributed by atoms with van der Waals surface area (Å²) in [5, 5.41) is 6.63. The number of benzene rings is 1. The zero-order valence-corrected chi connectivity index (χ0v) is 15.7. The monoisotopic (exact) mass is 387 g/mol. The molecule has 0 bridgehead atoms. The van der Waals surface area contributed by atoms with E-state index in [0.29, 0.717) is 34.5 Å². The van der Waals surface area contributed by atoms with E-state index in [0.717, 1.165) is 13.1 Å². The molecule has 1 aliphatic heterocycles. The smallest absolute Gasteiger partial charge is 0.226 e. The lowest BCUT2D eigenvalue weighted by Gasteiger charge is -2.37. The summed E-state index contributed by atoms with van der Waals surface area (Å²) in [6.07, 6.45) is 3.13. The number of hydrogen-bond acceptors (Lipinski definition) is 7. The first kappa shape index (κ1) is 17.8. The molecule has 1 aliphatic rings. The number of halogens is 2. The van der Waals surface area contributed by atoms with Crippen LogP contribution in [0.5, 0.6) is 0 Å². The van der Waals surface area contributed by atoms with E-state index in [9.17, 15) is 4.39 Å². The highest BCUT2D eigenvalue weighted by Gasteiger charge is 2.25. The van der Waals surface area contributed by atoms with Crippen molar-refractivity contribution in [2.24, 2.45) is 0 Å². The second kappa shape index (κ2) is 7.21. The van der Waals surface area contributed by atoms with E-state index >= 15 is 0 Å². The summed E-state index contributed by atoms with van der Waals surface area (Å²) in [5.74, 6) is 0.682. The number of aromatic nitrogens is 4. The molecule has 140 valence electrons. The molecule has 4 rings (SSSR count). The van der Waals surface area contributed by atoms with Crippen molar-refractivity contribution < 1.29 is 4.39 Å². The Labute approximate surface area is 161 Å². The largest absolute Gasteiger partial charge is 0.338 e. The average molecular weight is 388 g/mol. The predicted octanol–water partition coefficient (Wildman–Crippen LogP) is 3.14. The lowest BCUT2D eigenvalue weighted by atomic mass is 10.1. The molecule has 27 heavy (non-hydrogen) atoms. The van der Waals surface area contributed by atoms with Gasteiger partial charge in [0.15, 0.2) is 5.82 Å². The molecule has 3 heterocycles. The van der Waals surface area contributed by atoms with Crippen LogP contribution in [0, 0.1) is 5.82 Å². The van der Waals surface area contributed by atoms with Gasteiger partial charge in [-0.05, 0) is 32.0 Å². The van der Waals surface area contributed by atoms with E-state index in [1.165, 1.54) is 18.5 Å². The van der Waals surface area contributed by atoms with E-state index in [4.69, 9.17) is 16.6 Å². The Bertz CT molecular complexity index is 983. The van der Waals surface area contributed by atoms with Crippen LogP contribution in [0.4, 0.5) is 21.8 Å². The highest BCUT2D eigenvalue weighted by Crippen LogP contribution is 2.26. The van der Waals surface area contributed by atoms with Gasteiger partial charge in [0.2, 0.25) is 5.95 Å². The molecule has 0 saturated carbocycles. The molecule has 2 aromatic heterocycles. The zero-order chi connectivity index (χ0) is 19.0. The second-order valence-electron chi connectivity index (χ2n) is 6.69. The summed E-state index contributed by atoms with van der Waals surface area (Å²) in [4.78, 5) is 19.9. The third-order valence-electron chi connectivity index (χ3n) is 4.57. The van der Waals surface area contributed by atoms with Crippen molar-refractivity contribution >= 4 is 40.1 Å².